The average Bonchev–Trinajstić information content (AvgIpc) is 3.56. The van der Waals surface area contributed by atoms with Gasteiger partial charge in [0.15, 0.2) is 0 Å². The second kappa shape index (κ2) is 34.1. The van der Waals surface area contributed by atoms with Gasteiger partial charge in [-0.1, -0.05) is 220 Å². The van der Waals surface area contributed by atoms with Gasteiger partial charge in [0.1, 0.15) is 12.4 Å². The number of hydrogen-bond acceptors (Lipinski definition) is 0. The van der Waals surface area contributed by atoms with Crippen molar-refractivity contribution < 1.29 is 4.57 Å². The molecule has 1 aromatic rings. The highest BCUT2D eigenvalue weighted by atomic mass is 15.1. The van der Waals surface area contributed by atoms with Gasteiger partial charge in [-0.25, -0.2) is 9.55 Å². The molecule has 2 heteroatoms. The van der Waals surface area contributed by atoms with Crippen molar-refractivity contribution in [2.24, 2.45) is 0 Å². The quantitative estimate of drug-likeness (QED) is 0.0550. The molecule has 272 valence electrons. The zero-order valence-electron chi connectivity index (χ0n) is 32.5. The summed E-state index contributed by atoms with van der Waals surface area (Å²) >= 11 is 0. The summed E-state index contributed by atoms with van der Waals surface area (Å²) in [5, 5.41) is 0. The molecule has 0 bridgehead atoms. The Labute approximate surface area is 291 Å². The number of hydrogen-bond donors (Lipinski definition) is 1. The molecule has 1 N–H and O–H groups in total. The van der Waals surface area contributed by atoms with Crippen LogP contribution < -0.4 is 4.57 Å². The van der Waals surface area contributed by atoms with E-state index >= 15 is 0 Å². The largest absolute Gasteiger partial charge is 0.257 e. The van der Waals surface area contributed by atoms with E-state index in [-0.39, 0.29) is 0 Å². The molecule has 1 aromatic heterocycles. The summed E-state index contributed by atoms with van der Waals surface area (Å²) in [5.74, 6) is 2.25. The number of imidazole rings is 1. The van der Waals surface area contributed by atoms with Gasteiger partial charge in [0.2, 0.25) is 0 Å². The minimum Gasteiger partial charge on any atom is -0.247 e. The van der Waals surface area contributed by atoms with Gasteiger partial charge in [-0.05, 0) is 32.6 Å². The summed E-state index contributed by atoms with van der Waals surface area (Å²) in [5.41, 5.74) is 0. The van der Waals surface area contributed by atoms with E-state index in [4.69, 9.17) is 0 Å². The maximum atomic E-state index is 3.76. The summed E-state index contributed by atoms with van der Waals surface area (Å²) in [6, 6.07) is 0.619. The van der Waals surface area contributed by atoms with Crippen LogP contribution in [0.2, 0.25) is 0 Å². The first kappa shape index (κ1) is 43.2. The van der Waals surface area contributed by atoms with Crippen LogP contribution in [0.3, 0.4) is 0 Å². The molecule has 0 aliphatic heterocycles. The number of aromatic amines is 1. The Morgan fingerprint density at radius 1 is 0.413 bits per heavy atom. The molecule has 1 heterocycles. The predicted molar refractivity (Wildman–Crippen MR) is 207 cm³/mol. The molecule has 0 fully saturated rings. The number of nitrogens with zero attached hydrogens (tertiary/aromatic N) is 1. The second-order valence-corrected chi connectivity index (χ2v) is 15.4. The number of rotatable bonds is 37. The average molecular weight is 644 g/mol. The Hall–Kier alpha value is -0.790. The normalized spacial score (nSPS) is 13.0. The van der Waals surface area contributed by atoms with Crippen LogP contribution in [-0.2, 0) is 0 Å². The summed E-state index contributed by atoms with van der Waals surface area (Å²) in [6.45, 7) is 9.41. The van der Waals surface area contributed by atoms with Crippen LogP contribution in [0.25, 0.3) is 0 Å². The first-order valence-electron chi connectivity index (χ1n) is 21.8. The van der Waals surface area contributed by atoms with Crippen LogP contribution in [0, 0.1) is 0 Å². The standard InChI is InChI=1S/C44H86N2/c1-5-8-11-14-16-18-20-22-23-24-26-28-30-33-36-39-43(38-35-32-29-27-25-21-19-17-15-12-9-6-2)44-45-40-41-46(44)42(4)37-34-31-13-10-7-3/h40-43H,5-39H2,1-4H3/p+1. The Balaban J connectivity index is 2.34. The van der Waals surface area contributed by atoms with Crippen LogP contribution in [-0.4, -0.2) is 4.98 Å². The van der Waals surface area contributed by atoms with Crippen molar-refractivity contribution in [2.45, 2.75) is 264 Å². The molecule has 46 heavy (non-hydrogen) atoms. The molecule has 2 unspecified atom stereocenters. The van der Waals surface area contributed by atoms with Gasteiger partial charge in [-0.15, -0.1) is 0 Å². The predicted octanol–water partition coefficient (Wildman–Crippen LogP) is 15.7. The minimum absolute atomic E-state index is 0.619. The molecule has 0 aromatic carbocycles. The van der Waals surface area contributed by atoms with E-state index in [1.54, 1.807) is 0 Å². The topological polar surface area (TPSA) is 19.7 Å². The first-order chi connectivity index (χ1) is 22.7. The molecule has 0 radical (unpaired) electrons. The summed E-state index contributed by atoms with van der Waals surface area (Å²) in [7, 11) is 0. The van der Waals surface area contributed by atoms with E-state index in [9.17, 15) is 0 Å². The van der Waals surface area contributed by atoms with Crippen molar-refractivity contribution in [1.82, 2.24) is 4.98 Å². The highest BCUT2D eigenvalue weighted by molar-refractivity contribution is 4.90. The molecule has 0 saturated carbocycles. The van der Waals surface area contributed by atoms with Crippen molar-refractivity contribution in [3.05, 3.63) is 18.2 Å². The van der Waals surface area contributed by atoms with Crippen LogP contribution in [0.5, 0.6) is 0 Å². The first-order valence-corrected chi connectivity index (χ1v) is 21.8. The highest BCUT2D eigenvalue weighted by Crippen LogP contribution is 2.27. The fourth-order valence-corrected chi connectivity index (χ4v) is 7.66. The van der Waals surface area contributed by atoms with Crippen LogP contribution in [0.4, 0.5) is 0 Å². The number of aromatic nitrogens is 2. The van der Waals surface area contributed by atoms with Gasteiger partial charge in [0.25, 0.3) is 5.82 Å². The lowest BCUT2D eigenvalue weighted by Gasteiger charge is -2.17. The second-order valence-electron chi connectivity index (χ2n) is 15.4. The fraction of sp³-hybridized carbons (Fsp3) is 0.932. The third-order valence-corrected chi connectivity index (χ3v) is 10.9. The smallest absolute Gasteiger partial charge is 0.247 e. The lowest BCUT2D eigenvalue weighted by atomic mass is 9.92. The molecule has 0 spiro atoms. The Morgan fingerprint density at radius 2 is 0.696 bits per heavy atom. The maximum absolute atomic E-state index is 3.76. The Morgan fingerprint density at radius 3 is 1.02 bits per heavy atom. The summed E-state index contributed by atoms with van der Waals surface area (Å²) in [4.78, 5) is 3.76. The zero-order valence-corrected chi connectivity index (χ0v) is 32.5. The fourth-order valence-electron chi connectivity index (χ4n) is 7.66. The molecular formula is C44H87N2+. The van der Waals surface area contributed by atoms with E-state index < -0.39 is 0 Å². The van der Waals surface area contributed by atoms with Gasteiger partial charge < -0.3 is 0 Å². The van der Waals surface area contributed by atoms with E-state index in [1.165, 1.54) is 231 Å². The highest BCUT2D eigenvalue weighted by Gasteiger charge is 2.25. The third kappa shape index (κ3) is 25.3. The van der Waals surface area contributed by atoms with Crippen molar-refractivity contribution in [1.29, 1.82) is 0 Å². The van der Waals surface area contributed by atoms with Crippen molar-refractivity contribution in [2.75, 3.05) is 0 Å². The number of nitrogens with one attached hydrogen (secondary N) is 1. The van der Waals surface area contributed by atoms with Crippen LogP contribution in [0.15, 0.2) is 12.4 Å². The number of unbranched alkanes of at least 4 members (excludes halogenated alkanes) is 29. The molecule has 0 aliphatic rings. The van der Waals surface area contributed by atoms with Crippen LogP contribution in [0.1, 0.15) is 270 Å². The van der Waals surface area contributed by atoms with E-state index in [0.29, 0.717) is 12.0 Å². The van der Waals surface area contributed by atoms with Gasteiger partial charge in [0.05, 0.1) is 12.0 Å². The monoisotopic (exact) mass is 644 g/mol. The minimum atomic E-state index is 0.619. The third-order valence-electron chi connectivity index (χ3n) is 10.9. The lowest BCUT2D eigenvalue weighted by Crippen LogP contribution is -2.41. The molecule has 0 saturated heterocycles. The van der Waals surface area contributed by atoms with Gasteiger partial charge >= 0.3 is 0 Å². The van der Waals surface area contributed by atoms with Crippen molar-refractivity contribution in [3.63, 3.8) is 0 Å². The van der Waals surface area contributed by atoms with Crippen molar-refractivity contribution >= 4 is 0 Å². The molecule has 1 rings (SSSR count). The van der Waals surface area contributed by atoms with E-state index in [0.717, 1.165) is 0 Å². The Kier molecular flexibility index (Phi) is 32.0. The molecule has 2 nitrogen and oxygen atoms in total. The van der Waals surface area contributed by atoms with Gasteiger partial charge in [-0.3, -0.25) is 0 Å². The maximum Gasteiger partial charge on any atom is 0.257 e. The van der Waals surface area contributed by atoms with Crippen LogP contribution >= 0.6 is 0 Å². The molecule has 0 amide bonds. The molecule has 2 atom stereocenters. The Bertz CT molecular complexity index is 709. The van der Waals surface area contributed by atoms with E-state index in [1.807, 2.05) is 0 Å². The molecular weight excluding hydrogens is 556 g/mol. The SMILES string of the molecule is CCCCCCCCCCCCCCCCCC(CCCCCCCCCCCCCC)c1[nH]cc[n+]1C(C)CCCCCCC. The van der Waals surface area contributed by atoms with E-state index in [2.05, 4.69) is 49.6 Å². The lowest BCUT2D eigenvalue weighted by molar-refractivity contribution is -0.727. The molecule has 0 aliphatic carbocycles. The van der Waals surface area contributed by atoms with Crippen molar-refractivity contribution in [3.8, 4) is 0 Å². The van der Waals surface area contributed by atoms with Gasteiger partial charge in [-0.2, -0.15) is 0 Å². The zero-order chi connectivity index (χ0) is 33.2. The summed E-state index contributed by atoms with van der Waals surface area (Å²) < 4.78 is 2.64. The number of H-pyrrole nitrogens is 1. The summed E-state index contributed by atoms with van der Waals surface area (Å²) in [6.07, 6.45) is 54.7. The van der Waals surface area contributed by atoms with Gasteiger partial charge in [0, 0.05) is 0 Å².